The van der Waals surface area contributed by atoms with Gasteiger partial charge >= 0.3 is 5.97 Å². The summed E-state index contributed by atoms with van der Waals surface area (Å²) in [5, 5.41) is 27.5. The molecular formula is C11H14O5. The Bertz CT molecular complexity index is 375. The fraction of sp³-hybridized carbons (Fsp3) is 0.364. The predicted molar refractivity (Wildman–Crippen MR) is 56.5 cm³/mol. The van der Waals surface area contributed by atoms with Gasteiger partial charge in [0.25, 0.3) is 0 Å². The Hall–Kier alpha value is -1.75. The normalized spacial score (nSPS) is 12.1. The predicted octanol–water partition coefficient (Wildman–Crippen LogP) is 1.30. The third kappa shape index (κ3) is 3.13. The van der Waals surface area contributed by atoms with Gasteiger partial charge in [-0.25, -0.2) is 0 Å². The Kier molecular flexibility index (Phi) is 4.13. The number of rotatable bonds is 5. The number of carboxylic acid groups (broad SMARTS) is 1. The van der Waals surface area contributed by atoms with Gasteiger partial charge in [0, 0.05) is 0 Å². The summed E-state index contributed by atoms with van der Waals surface area (Å²) in [6.07, 6.45) is -1.48. The maximum absolute atomic E-state index is 10.4. The van der Waals surface area contributed by atoms with Crippen molar-refractivity contribution in [2.24, 2.45) is 0 Å². The molecule has 1 rings (SSSR count). The van der Waals surface area contributed by atoms with Crippen molar-refractivity contribution in [3.63, 3.8) is 0 Å². The van der Waals surface area contributed by atoms with Crippen LogP contribution in [0.2, 0.25) is 0 Å². The molecule has 0 saturated carbocycles. The first-order chi connectivity index (χ1) is 7.54. The van der Waals surface area contributed by atoms with E-state index in [-0.39, 0.29) is 17.9 Å². The summed E-state index contributed by atoms with van der Waals surface area (Å²) in [6, 6.07) is 4.27. The van der Waals surface area contributed by atoms with Crippen molar-refractivity contribution in [3.8, 4) is 11.5 Å². The average Bonchev–Trinajstić information content (AvgIpc) is 2.20. The highest BCUT2D eigenvalue weighted by atomic mass is 16.5. The van der Waals surface area contributed by atoms with Crippen LogP contribution in [0, 0.1) is 0 Å². The van der Waals surface area contributed by atoms with Crippen LogP contribution in [0.3, 0.4) is 0 Å². The molecule has 1 aromatic rings. The van der Waals surface area contributed by atoms with Gasteiger partial charge in [-0.3, -0.25) is 4.79 Å². The summed E-state index contributed by atoms with van der Waals surface area (Å²) in [5.41, 5.74) is 0.406. The number of aromatic hydroxyl groups is 1. The zero-order valence-electron chi connectivity index (χ0n) is 8.88. The number of aliphatic hydroxyl groups is 1. The summed E-state index contributed by atoms with van der Waals surface area (Å²) < 4.78 is 5.12. The minimum Gasteiger partial charge on any atom is -0.504 e. The number of aliphatic carboxylic acids is 1. The second kappa shape index (κ2) is 5.37. The van der Waals surface area contributed by atoms with E-state index in [9.17, 15) is 15.0 Å². The molecule has 1 aromatic carbocycles. The number of hydrogen-bond donors (Lipinski definition) is 3. The summed E-state index contributed by atoms with van der Waals surface area (Å²) in [7, 11) is 0. The number of hydrogen-bond acceptors (Lipinski definition) is 4. The highest BCUT2D eigenvalue weighted by Gasteiger charge is 2.14. The minimum absolute atomic E-state index is 0.0341. The second-order valence-electron chi connectivity index (χ2n) is 3.27. The van der Waals surface area contributed by atoms with Crippen LogP contribution in [0.15, 0.2) is 18.2 Å². The Balaban J connectivity index is 2.88. The van der Waals surface area contributed by atoms with E-state index in [0.29, 0.717) is 12.2 Å². The van der Waals surface area contributed by atoms with Gasteiger partial charge in [0.1, 0.15) is 0 Å². The molecule has 88 valence electrons. The number of phenolic OH excluding ortho intramolecular Hbond substituents is 1. The number of ether oxygens (including phenoxy) is 1. The zero-order valence-corrected chi connectivity index (χ0v) is 8.88. The van der Waals surface area contributed by atoms with Gasteiger partial charge in [-0.2, -0.15) is 0 Å². The molecule has 0 heterocycles. The number of phenols is 1. The average molecular weight is 226 g/mol. The Morgan fingerprint density at radius 2 is 2.19 bits per heavy atom. The highest BCUT2D eigenvalue weighted by Crippen LogP contribution is 2.30. The molecule has 3 N–H and O–H groups in total. The second-order valence-corrected chi connectivity index (χ2v) is 3.27. The van der Waals surface area contributed by atoms with E-state index in [1.807, 2.05) is 0 Å². The van der Waals surface area contributed by atoms with Gasteiger partial charge in [0.15, 0.2) is 11.5 Å². The van der Waals surface area contributed by atoms with E-state index in [1.54, 1.807) is 6.92 Å². The monoisotopic (exact) mass is 226 g/mol. The lowest BCUT2D eigenvalue weighted by atomic mass is 10.1. The number of aliphatic hydroxyl groups excluding tert-OH is 1. The van der Waals surface area contributed by atoms with Crippen molar-refractivity contribution in [3.05, 3.63) is 23.8 Å². The van der Waals surface area contributed by atoms with Crippen molar-refractivity contribution in [1.82, 2.24) is 0 Å². The summed E-state index contributed by atoms with van der Waals surface area (Å²) >= 11 is 0. The van der Waals surface area contributed by atoms with E-state index in [0.717, 1.165) is 0 Å². The van der Waals surface area contributed by atoms with Crippen LogP contribution >= 0.6 is 0 Å². The van der Waals surface area contributed by atoms with Crippen LogP contribution in [-0.2, 0) is 4.79 Å². The Labute approximate surface area is 92.9 Å². The summed E-state index contributed by atoms with van der Waals surface area (Å²) in [5.74, 6) is -0.879. The van der Waals surface area contributed by atoms with Crippen molar-refractivity contribution in [2.75, 3.05) is 6.61 Å². The minimum atomic E-state index is -1.10. The first-order valence-corrected chi connectivity index (χ1v) is 4.90. The molecule has 5 heteroatoms. The molecule has 0 aromatic heterocycles. The number of benzene rings is 1. The van der Waals surface area contributed by atoms with Crippen LogP contribution in [0.25, 0.3) is 0 Å². The molecule has 0 aliphatic rings. The maximum Gasteiger partial charge on any atom is 0.306 e. The molecule has 0 unspecified atom stereocenters. The van der Waals surface area contributed by atoms with E-state index >= 15 is 0 Å². The van der Waals surface area contributed by atoms with Gasteiger partial charge < -0.3 is 20.1 Å². The number of carboxylic acids is 1. The molecule has 0 aliphatic heterocycles. The van der Waals surface area contributed by atoms with Crippen molar-refractivity contribution in [1.29, 1.82) is 0 Å². The fourth-order valence-electron chi connectivity index (χ4n) is 1.29. The molecule has 5 nitrogen and oxygen atoms in total. The van der Waals surface area contributed by atoms with Crippen LogP contribution in [0.1, 0.15) is 25.0 Å². The SMILES string of the molecule is CCOc1cc([C@@H](O)CC(=O)O)ccc1O. The van der Waals surface area contributed by atoms with Gasteiger partial charge in [-0.15, -0.1) is 0 Å². The molecular weight excluding hydrogens is 212 g/mol. The number of carbonyl (C=O) groups is 1. The lowest BCUT2D eigenvalue weighted by Crippen LogP contribution is -2.05. The lowest BCUT2D eigenvalue weighted by molar-refractivity contribution is -0.139. The molecule has 0 fully saturated rings. The first-order valence-electron chi connectivity index (χ1n) is 4.90. The Morgan fingerprint density at radius 3 is 2.75 bits per heavy atom. The molecule has 16 heavy (non-hydrogen) atoms. The highest BCUT2D eigenvalue weighted by molar-refractivity contribution is 5.67. The Morgan fingerprint density at radius 1 is 1.50 bits per heavy atom. The largest absolute Gasteiger partial charge is 0.504 e. The fourth-order valence-corrected chi connectivity index (χ4v) is 1.29. The van der Waals surface area contributed by atoms with E-state index < -0.39 is 12.1 Å². The van der Waals surface area contributed by atoms with Crippen LogP contribution in [0.4, 0.5) is 0 Å². The lowest BCUT2D eigenvalue weighted by Gasteiger charge is -2.11. The first kappa shape index (κ1) is 12.3. The van der Waals surface area contributed by atoms with Crippen molar-refractivity contribution >= 4 is 5.97 Å². The molecule has 0 bridgehead atoms. The third-order valence-electron chi connectivity index (χ3n) is 2.04. The molecule has 1 atom stereocenters. The van der Waals surface area contributed by atoms with Gasteiger partial charge in [0.05, 0.1) is 19.1 Å². The molecule has 0 radical (unpaired) electrons. The van der Waals surface area contributed by atoms with Gasteiger partial charge in [-0.1, -0.05) is 6.07 Å². The quantitative estimate of drug-likeness (QED) is 0.704. The standard InChI is InChI=1S/C11H14O5/c1-2-16-10-5-7(3-4-8(10)12)9(13)6-11(14)15/h3-5,9,12-13H,2,6H2,1H3,(H,14,15)/t9-/m0/s1. The van der Waals surface area contributed by atoms with Gasteiger partial charge in [0.2, 0.25) is 0 Å². The van der Waals surface area contributed by atoms with Crippen molar-refractivity contribution < 1.29 is 24.9 Å². The van der Waals surface area contributed by atoms with Crippen LogP contribution in [-0.4, -0.2) is 27.9 Å². The zero-order chi connectivity index (χ0) is 12.1. The summed E-state index contributed by atoms with van der Waals surface area (Å²) in [4.78, 5) is 10.4. The molecule has 0 aliphatic carbocycles. The van der Waals surface area contributed by atoms with E-state index in [4.69, 9.17) is 9.84 Å². The van der Waals surface area contributed by atoms with Gasteiger partial charge in [-0.05, 0) is 24.6 Å². The molecule has 0 saturated heterocycles. The smallest absolute Gasteiger partial charge is 0.306 e. The van der Waals surface area contributed by atoms with Crippen molar-refractivity contribution in [2.45, 2.75) is 19.4 Å². The molecule has 0 amide bonds. The van der Waals surface area contributed by atoms with E-state index in [2.05, 4.69) is 0 Å². The van der Waals surface area contributed by atoms with Crippen LogP contribution < -0.4 is 4.74 Å². The maximum atomic E-state index is 10.4. The summed E-state index contributed by atoms with van der Waals surface area (Å²) in [6.45, 7) is 2.14. The third-order valence-corrected chi connectivity index (χ3v) is 2.04. The van der Waals surface area contributed by atoms with E-state index in [1.165, 1.54) is 18.2 Å². The topological polar surface area (TPSA) is 87.0 Å². The molecule has 0 spiro atoms. The van der Waals surface area contributed by atoms with Crippen LogP contribution in [0.5, 0.6) is 11.5 Å².